The lowest BCUT2D eigenvalue weighted by molar-refractivity contribution is -0.113. The highest BCUT2D eigenvalue weighted by atomic mass is 32.2. The molecule has 0 saturated carbocycles. The largest absolute Gasteiger partial charge is 0.462 e. The molecule has 0 bridgehead atoms. The fourth-order valence-corrected chi connectivity index (χ4v) is 7.28. The quantitative estimate of drug-likeness (QED) is 0.154. The van der Waals surface area contributed by atoms with Crippen LogP contribution in [0.1, 0.15) is 54.9 Å². The van der Waals surface area contributed by atoms with Gasteiger partial charge in [-0.05, 0) is 67.3 Å². The van der Waals surface area contributed by atoms with E-state index in [1.54, 1.807) is 23.6 Å². The van der Waals surface area contributed by atoms with Gasteiger partial charge < -0.3 is 10.1 Å². The molecular formula is C31H33N3O4S2. The van der Waals surface area contributed by atoms with Crippen molar-refractivity contribution in [2.24, 2.45) is 11.3 Å². The lowest BCUT2D eigenvalue weighted by Crippen LogP contribution is -2.26. The molecule has 1 atom stereocenters. The van der Waals surface area contributed by atoms with E-state index in [-0.39, 0.29) is 29.2 Å². The van der Waals surface area contributed by atoms with E-state index in [0.717, 1.165) is 29.7 Å². The van der Waals surface area contributed by atoms with Gasteiger partial charge in [-0.3, -0.25) is 14.2 Å². The molecule has 1 amide bonds. The average Bonchev–Trinajstić information content (AvgIpc) is 3.29. The molecule has 2 aromatic heterocycles. The van der Waals surface area contributed by atoms with Crippen molar-refractivity contribution in [2.75, 3.05) is 17.7 Å². The van der Waals surface area contributed by atoms with Crippen LogP contribution in [0.5, 0.6) is 0 Å². The van der Waals surface area contributed by atoms with E-state index in [0.29, 0.717) is 38.2 Å². The lowest BCUT2D eigenvalue weighted by atomic mass is 9.72. The summed E-state index contributed by atoms with van der Waals surface area (Å²) in [6.45, 7) is 8.79. The molecule has 0 fully saturated rings. The number of ether oxygens (including phenoxy) is 1. The van der Waals surface area contributed by atoms with E-state index in [9.17, 15) is 14.4 Å². The van der Waals surface area contributed by atoms with Crippen LogP contribution in [0.25, 0.3) is 16.6 Å². The van der Waals surface area contributed by atoms with Crippen molar-refractivity contribution in [1.82, 2.24) is 9.55 Å². The molecule has 0 radical (unpaired) electrons. The van der Waals surface area contributed by atoms with Crippen LogP contribution in [0, 0.1) is 11.3 Å². The van der Waals surface area contributed by atoms with Crippen molar-refractivity contribution in [3.63, 3.8) is 0 Å². The average molecular weight is 576 g/mol. The standard InChI is InChI=1S/C31H33N3O4S2/c1-5-38-29(37)26-22-16-15-19(31(2,3)4)17-24(22)40-27(26)33-25(35)18-39-30-32-23-14-10-9-13-21(23)28(36)34(30)20-11-7-6-8-12-20/h6-14,19H,5,15-18H2,1-4H3,(H,33,35)/t19-/m0/s1. The van der Waals surface area contributed by atoms with Crippen LogP contribution in [0.2, 0.25) is 0 Å². The lowest BCUT2D eigenvalue weighted by Gasteiger charge is -2.33. The first-order chi connectivity index (χ1) is 19.2. The number of esters is 1. The zero-order chi connectivity index (χ0) is 28.4. The summed E-state index contributed by atoms with van der Waals surface area (Å²) in [5, 5.41) is 4.46. The van der Waals surface area contributed by atoms with Crippen molar-refractivity contribution >= 4 is 50.9 Å². The van der Waals surface area contributed by atoms with Gasteiger partial charge in [0.25, 0.3) is 5.56 Å². The van der Waals surface area contributed by atoms with Gasteiger partial charge in [-0.2, -0.15) is 0 Å². The molecule has 1 aliphatic carbocycles. The first-order valence-electron chi connectivity index (χ1n) is 13.5. The predicted molar refractivity (Wildman–Crippen MR) is 162 cm³/mol. The highest BCUT2D eigenvalue weighted by Gasteiger charge is 2.34. The van der Waals surface area contributed by atoms with Crippen LogP contribution in [-0.2, 0) is 22.4 Å². The van der Waals surface area contributed by atoms with E-state index < -0.39 is 5.97 Å². The molecule has 4 aromatic rings. The number of thiophene rings is 1. The summed E-state index contributed by atoms with van der Waals surface area (Å²) >= 11 is 2.67. The second-order valence-electron chi connectivity index (χ2n) is 11.0. The molecule has 0 saturated heterocycles. The SMILES string of the molecule is CCOC(=O)c1c(NC(=O)CSc2nc3ccccc3c(=O)n2-c2ccccc2)sc2c1CC[C@H](C(C)(C)C)C2. The number of rotatable bonds is 7. The number of hydrogen-bond donors (Lipinski definition) is 1. The number of para-hydroxylation sites is 2. The number of carbonyl (C=O) groups excluding carboxylic acids is 2. The van der Waals surface area contributed by atoms with Crippen LogP contribution < -0.4 is 10.9 Å². The number of anilines is 1. The third-order valence-electron chi connectivity index (χ3n) is 7.31. The van der Waals surface area contributed by atoms with Crippen LogP contribution in [0.3, 0.4) is 0 Å². The van der Waals surface area contributed by atoms with E-state index in [1.807, 2.05) is 42.5 Å². The zero-order valence-corrected chi connectivity index (χ0v) is 24.8. The summed E-state index contributed by atoms with van der Waals surface area (Å²) in [5.74, 6) is -0.149. The highest BCUT2D eigenvalue weighted by Crippen LogP contribution is 2.44. The molecule has 1 N–H and O–H groups in total. The van der Waals surface area contributed by atoms with Gasteiger partial charge in [0.05, 0.1) is 34.5 Å². The first kappa shape index (κ1) is 28.1. The normalized spacial score (nSPS) is 15.1. The Kier molecular flexibility index (Phi) is 8.14. The molecular weight excluding hydrogens is 542 g/mol. The maximum Gasteiger partial charge on any atom is 0.341 e. The van der Waals surface area contributed by atoms with Crippen LogP contribution in [0.15, 0.2) is 64.5 Å². The summed E-state index contributed by atoms with van der Waals surface area (Å²) in [6, 6.07) is 16.5. The molecule has 208 valence electrons. The Bertz CT molecular complexity index is 1620. The minimum atomic E-state index is -0.397. The van der Waals surface area contributed by atoms with Gasteiger partial charge in [-0.15, -0.1) is 11.3 Å². The zero-order valence-electron chi connectivity index (χ0n) is 23.2. The van der Waals surface area contributed by atoms with Gasteiger partial charge in [0.15, 0.2) is 5.16 Å². The minimum Gasteiger partial charge on any atom is -0.462 e. The van der Waals surface area contributed by atoms with Crippen molar-refractivity contribution < 1.29 is 14.3 Å². The molecule has 1 aliphatic rings. The summed E-state index contributed by atoms with van der Waals surface area (Å²) < 4.78 is 6.92. The summed E-state index contributed by atoms with van der Waals surface area (Å²) in [6.07, 6.45) is 2.66. The van der Waals surface area contributed by atoms with Crippen molar-refractivity contribution in [3.05, 3.63) is 81.0 Å². The second kappa shape index (κ2) is 11.6. The van der Waals surface area contributed by atoms with E-state index in [4.69, 9.17) is 9.72 Å². The maximum atomic E-state index is 13.4. The van der Waals surface area contributed by atoms with Gasteiger partial charge in [-0.1, -0.05) is 62.9 Å². The number of aromatic nitrogens is 2. The Labute approximate surface area is 242 Å². The Morgan fingerprint density at radius 2 is 1.85 bits per heavy atom. The Hall–Kier alpha value is -3.43. The van der Waals surface area contributed by atoms with Gasteiger partial charge >= 0.3 is 5.97 Å². The van der Waals surface area contributed by atoms with E-state index >= 15 is 0 Å². The molecule has 7 nitrogen and oxygen atoms in total. The molecule has 2 heterocycles. The van der Waals surface area contributed by atoms with Crippen molar-refractivity contribution in [1.29, 1.82) is 0 Å². The second-order valence-corrected chi connectivity index (χ2v) is 13.0. The Balaban J connectivity index is 1.42. The number of nitrogens with one attached hydrogen (secondary N) is 1. The smallest absolute Gasteiger partial charge is 0.341 e. The highest BCUT2D eigenvalue weighted by molar-refractivity contribution is 7.99. The topological polar surface area (TPSA) is 90.3 Å². The van der Waals surface area contributed by atoms with Gasteiger partial charge in [0.2, 0.25) is 5.91 Å². The number of hydrogen-bond acceptors (Lipinski definition) is 7. The number of benzene rings is 2. The molecule has 0 spiro atoms. The minimum absolute atomic E-state index is 0.0209. The molecule has 5 rings (SSSR count). The molecule has 9 heteroatoms. The van der Waals surface area contributed by atoms with Crippen LogP contribution in [0.4, 0.5) is 5.00 Å². The number of thioether (sulfide) groups is 1. The van der Waals surface area contributed by atoms with E-state index in [2.05, 4.69) is 26.1 Å². The summed E-state index contributed by atoms with van der Waals surface area (Å²) in [4.78, 5) is 45.5. The summed E-state index contributed by atoms with van der Waals surface area (Å²) in [5.41, 5.74) is 2.71. The predicted octanol–water partition coefficient (Wildman–Crippen LogP) is 6.51. The molecule has 0 unspecified atom stereocenters. The Morgan fingerprint density at radius 1 is 1.12 bits per heavy atom. The molecule has 40 heavy (non-hydrogen) atoms. The summed E-state index contributed by atoms with van der Waals surface area (Å²) in [7, 11) is 0. The number of amides is 1. The fraction of sp³-hybridized carbons (Fsp3) is 0.355. The molecule has 2 aromatic carbocycles. The van der Waals surface area contributed by atoms with Crippen molar-refractivity contribution in [2.45, 2.75) is 52.1 Å². The van der Waals surface area contributed by atoms with Crippen LogP contribution >= 0.6 is 23.1 Å². The maximum absolute atomic E-state index is 13.4. The number of carbonyl (C=O) groups is 2. The Morgan fingerprint density at radius 3 is 2.58 bits per heavy atom. The van der Waals surface area contributed by atoms with E-state index in [1.165, 1.54) is 23.1 Å². The van der Waals surface area contributed by atoms with Gasteiger partial charge in [0, 0.05) is 4.88 Å². The van der Waals surface area contributed by atoms with Gasteiger partial charge in [-0.25, -0.2) is 9.78 Å². The third kappa shape index (κ3) is 5.71. The van der Waals surface area contributed by atoms with Crippen LogP contribution in [-0.4, -0.2) is 33.8 Å². The third-order valence-corrected chi connectivity index (χ3v) is 9.42. The number of fused-ring (bicyclic) bond motifs is 2. The number of nitrogens with zero attached hydrogens (tertiary/aromatic N) is 2. The molecule has 0 aliphatic heterocycles. The van der Waals surface area contributed by atoms with Gasteiger partial charge in [0.1, 0.15) is 5.00 Å². The van der Waals surface area contributed by atoms with Crippen molar-refractivity contribution in [3.8, 4) is 5.69 Å². The monoisotopic (exact) mass is 575 g/mol. The first-order valence-corrected chi connectivity index (χ1v) is 15.3. The fourth-order valence-electron chi connectivity index (χ4n) is 5.14.